The lowest BCUT2D eigenvalue weighted by Crippen LogP contribution is -2.53. The largest absolute Gasteiger partial charge is 0.480 e. The molecule has 3 atom stereocenters. The van der Waals surface area contributed by atoms with Crippen LogP contribution in [-0.2, 0) is 4.79 Å². The van der Waals surface area contributed by atoms with Gasteiger partial charge in [0.1, 0.15) is 5.54 Å². The van der Waals surface area contributed by atoms with Crippen molar-refractivity contribution in [3.63, 3.8) is 0 Å². The molecule has 15 heavy (non-hydrogen) atoms. The Labute approximate surface area is 90.4 Å². The van der Waals surface area contributed by atoms with Crippen LogP contribution in [-0.4, -0.2) is 41.1 Å². The van der Waals surface area contributed by atoms with Gasteiger partial charge >= 0.3 is 5.97 Å². The Morgan fingerprint density at radius 1 is 1.47 bits per heavy atom. The summed E-state index contributed by atoms with van der Waals surface area (Å²) in [6.45, 7) is 4.17. The van der Waals surface area contributed by atoms with Crippen LogP contribution in [0, 0.1) is 11.8 Å². The van der Waals surface area contributed by atoms with Gasteiger partial charge in [-0.3, -0.25) is 4.79 Å². The molecule has 1 aliphatic carbocycles. The summed E-state index contributed by atoms with van der Waals surface area (Å²) in [5, 5.41) is 8.95. The molecular weight excluding hydrogens is 192 g/mol. The number of nitrogens with two attached hydrogens (primary N) is 1. The van der Waals surface area contributed by atoms with Gasteiger partial charge in [-0.25, -0.2) is 0 Å². The van der Waals surface area contributed by atoms with Crippen LogP contribution in [0.1, 0.15) is 26.2 Å². The smallest absolute Gasteiger partial charge is 0.324 e. The first-order valence-corrected chi connectivity index (χ1v) is 5.73. The van der Waals surface area contributed by atoms with E-state index in [0.29, 0.717) is 6.54 Å². The Kier molecular flexibility index (Phi) is 2.73. The first-order valence-electron chi connectivity index (χ1n) is 5.73. The fourth-order valence-electron chi connectivity index (χ4n) is 2.99. The minimum Gasteiger partial charge on any atom is -0.480 e. The lowest BCUT2D eigenvalue weighted by atomic mass is 10.0. The van der Waals surface area contributed by atoms with Crippen molar-refractivity contribution in [1.29, 1.82) is 0 Å². The first kappa shape index (κ1) is 10.9. The van der Waals surface area contributed by atoms with E-state index in [1.54, 1.807) is 6.92 Å². The van der Waals surface area contributed by atoms with Crippen molar-refractivity contribution in [3.05, 3.63) is 0 Å². The van der Waals surface area contributed by atoms with E-state index in [1.807, 2.05) is 0 Å². The van der Waals surface area contributed by atoms with Gasteiger partial charge in [-0.05, 0) is 31.6 Å². The van der Waals surface area contributed by atoms with Gasteiger partial charge < -0.3 is 15.7 Å². The maximum atomic E-state index is 10.9. The highest BCUT2D eigenvalue weighted by Crippen LogP contribution is 2.37. The molecule has 4 nitrogen and oxygen atoms in total. The third-order valence-electron chi connectivity index (χ3n) is 3.84. The van der Waals surface area contributed by atoms with E-state index in [9.17, 15) is 4.79 Å². The second kappa shape index (κ2) is 3.76. The number of fused-ring (bicyclic) bond motifs is 1. The molecule has 0 spiro atoms. The number of hydrogen-bond acceptors (Lipinski definition) is 3. The molecule has 2 rings (SSSR count). The lowest BCUT2D eigenvalue weighted by Gasteiger charge is -2.26. The third-order valence-corrected chi connectivity index (χ3v) is 3.84. The normalized spacial score (nSPS) is 35.1. The number of carbonyl (C=O) groups is 1. The Morgan fingerprint density at radius 2 is 2.00 bits per heavy atom. The number of carboxylic acid groups (broad SMARTS) is 1. The fourth-order valence-corrected chi connectivity index (χ4v) is 2.99. The molecular formula is C11H20N2O2. The summed E-state index contributed by atoms with van der Waals surface area (Å²) in [5.74, 6) is 0.698. The zero-order valence-corrected chi connectivity index (χ0v) is 9.28. The molecule has 2 fully saturated rings. The molecule has 0 aromatic rings. The van der Waals surface area contributed by atoms with Crippen LogP contribution in [0.5, 0.6) is 0 Å². The van der Waals surface area contributed by atoms with Gasteiger partial charge in [-0.2, -0.15) is 0 Å². The molecule has 2 aliphatic rings. The van der Waals surface area contributed by atoms with Crippen LogP contribution in [0.3, 0.4) is 0 Å². The molecule has 0 bridgehead atoms. The van der Waals surface area contributed by atoms with Crippen LogP contribution in [0.2, 0.25) is 0 Å². The summed E-state index contributed by atoms with van der Waals surface area (Å²) in [7, 11) is 0. The van der Waals surface area contributed by atoms with Gasteiger partial charge in [0.25, 0.3) is 0 Å². The fraction of sp³-hybridized carbons (Fsp3) is 0.909. The van der Waals surface area contributed by atoms with Crippen molar-refractivity contribution in [1.82, 2.24) is 4.90 Å². The van der Waals surface area contributed by atoms with Crippen molar-refractivity contribution in [2.75, 3.05) is 19.6 Å². The van der Waals surface area contributed by atoms with Gasteiger partial charge in [0.15, 0.2) is 0 Å². The molecule has 0 aromatic heterocycles. The highest BCUT2D eigenvalue weighted by molar-refractivity contribution is 5.78. The quantitative estimate of drug-likeness (QED) is 0.715. The van der Waals surface area contributed by atoms with E-state index in [0.717, 1.165) is 24.9 Å². The predicted octanol–water partition coefficient (Wildman–Crippen LogP) is 0.520. The second-order valence-corrected chi connectivity index (χ2v) is 5.37. The Balaban J connectivity index is 1.90. The molecule has 0 radical (unpaired) electrons. The topological polar surface area (TPSA) is 66.6 Å². The van der Waals surface area contributed by atoms with E-state index in [4.69, 9.17) is 10.8 Å². The summed E-state index contributed by atoms with van der Waals surface area (Å²) < 4.78 is 0. The van der Waals surface area contributed by atoms with Gasteiger partial charge in [0.2, 0.25) is 0 Å². The van der Waals surface area contributed by atoms with Gasteiger partial charge in [-0.15, -0.1) is 0 Å². The standard InChI is InChI=1S/C11H20N2O2/c1-11(12,10(14)15)7-13-5-8-3-2-4-9(8)6-13/h8-9H,2-7,12H2,1H3,(H,14,15). The number of hydrogen-bond donors (Lipinski definition) is 2. The summed E-state index contributed by atoms with van der Waals surface area (Å²) in [6, 6.07) is 0. The Bertz CT molecular complexity index is 253. The van der Waals surface area contributed by atoms with Crippen molar-refractivity contribution >= 4 is 5.97 Å². The number of nitrogens with zero attached hydrogens (tertiary/aromatic N) is 1. The van der Waals surface area contributed by atoms with E-state index in [2.05, 4.69) is 4.90 Å². The summed E-state index contributed by atoms with van der Waals surface area (Å²) in [5.41, 5.74) is 4.65. The average Bonchev–Trinajstić information content (AvgIpc) is 2.62. The van der Waals surface area contributed by atoms with Crippen LogP contribution in [0.25, 0.3) is 0 Å². The van der Waals surface area contributed by atoms with Crippen LogP contribution in [0.4, 0.5) is 0 Å². The minimum atomic E-state index is -1.10. The SMILES string of the molecule is CC(N)(CN1CC2CCCC2C1)C(=O)O. The van der Waals surface area contributed by atoms with E-state index < -0.39 is 11.5 Å². The highest BCUT2D eigenvalue weighted by atomic mass is 16.4. The number of aliphatic carboxylic acids is 1. The molecule has 86 valence electrons. The van der Waals surface area contributed by atoms with E-state index >= 15 is 0 Å². The monoisotopic (exact) mass is 212 g/mol. The number of likely N-dealkylation sites (tertiary alicyclic amines) is 1. The molecule has 1 saturated carbocycles. The van der Waals surface area contributed by atoms with Gasteiger partial charge in [-0.1, -0.05) is 6.42 Å². The Hall–Kier alpha value is -0.610. The number of rotatable bonds is 3. The molecule has 4 heteroatoms. The Morgan fingerprint density at radius 3 is 2.47 bits per heavy atom. The third kappa shape index (κ3) is 2.16. The molecule has 1 aliphatic heterocycles. The van der Waals surface area contributed by atoms with E-state index in [-0.39, 0.29) is 0 Å². The van der Waals surface area contributed by atoms with Crippen LogP contribution >= 0.6 is 0 Å². The maximum absolute atomic E-state index is 10.9. The average molecular weight is 212 g/mol. The number of carboxylic acids is 1. The molecule has 3 unspecified atom stereocenters. The molecule has 3 N–H and O–H groups in total. The predicted molar refractivity (Wildman–Crippen MR) is 57.5 cm³/mol. The zero-order chi connectivity index (χ0) is 11.1. The van der Waals surface area contributed by atoms with Crippen molar-refractivity contribution in [3.8, 4) is 0 Å². The van der Waals surface area contributed by atoms with Crippen LogP contribution in [0.15, 0.2) is 0 Å². The van der Waals surface area contributed by atoms with Gasteiger partial charge in [0, 0.05) is 19.6 Å². The first-order chi connectivity index (χ1) is 6.99. The molecule has 1 heterocycles. The summed E-state index contributed by atoms with van der Waals surface area (Å²) >= 11 is 0. The molecule has 0 aromatic carbocycles. The summed E-state index contributed by atoms with van der Waals surface area (Å²) in [6.07, 6.45) is 3.98. The lowest BCUT2D eigenvalue weighted by molar-refractivity contribution is -0.143. The van der Waals surface area contributed by atoms with Crippen LogP contribution < -0.4 is 5.73 Å². The summed E-state index contributed by atoms with van der Waals surface area (Å²) in [4.78, 5) is 13.1. The molecule has 1 saturated heterocycles. The van der Waals surface area contributed by atoms with Crippen molar-refractivity contribution in [2.24, 2.45) is 17.6 Å². The van der Waals surface area contributed by atoms with Crippen molar-refractivity contribution < 1.29 is 9.90 Å². The maximum Gasteiger partial charge on any atom is 0.324 e. The minimum absolute atomic E-state index is 0.481. The second-order valence-electron chi connectivity index (χ2n) is 5.37. The van der Waals surface area contributed by atoms with Gasteiger partial charge in [0.05, 0.1) is 0 Å². The zero-order valence-electron chi connectivity index (χ0n) is 9.28. The highest BCUT2D eigenvalue weighted by Gasteiger charge is 2.39. The molecule has 0 amide bonds. The van der Waals surface area contributed by atoms with E-state index in [1.165, 1.54) is 19.3 Å². The van der Waals surface area contributed by atoms with Crippen molar-refractivity contribution in [2.45, 2.75) is 31.7 Å².